The van der Waals surface area contributed by atoms with Gasteiger partial charge in [0, 0.05) is 12.1 Å². The van der Waals surface area contributed by atoms with E-state index in [1.807, 2.05) is 0 Å². The summed E-state index contributed by atoms with van der Waals surface area (Å²) in [6.07, 6.45) is 2.14. The Hall–Kier alpha value is -1.89. The van der Waals surface area contributed by atoms with Crippen molar-refractivity contribution in [1.29, 1.82) is 0 Å². The average Bonchev–Trinajstić information content (AvgIpc) is 2.85. The second-order valence-corrected chi connectivity index (χ2v) is 5.50. The van der Waals surface area contributed by atoms with Crippen LogP contribution in [0.5, 0.6) is 0 Å². The van der Waals surface area contributed by atoms with Crippen LogP contribution in [0.1, 0.15) is 28.2 Å². The topological polar surface area (TPSA) is 88.0 Å². The molecule has 0 saturated heterocycles. The number of nitrogens with one attached hydrogen (secondary N) is 2. The number of aryl methyl sites for hydroxylation is 1. The molecule has 0 fully saturated rings. The number of rotatable bonds is 2. The van der Waals surface area contributed by atoms with Crippen molar-refractivity contribution in [1.82, 2.24) is 15.5 Å². The Labute approximate surface area is 122 Å². The molecule has 0 saturated carbocycles. The van der Waals surface area contributed by atoms with Gasteiger partial charge >= 0.3 is 0 Å². The van der Waals surface area contributed by atoms with E-state index in [0.29, 0.717) is 11.1 Å². The van der Waals surface area contributed by atoms with Crippen LogP contribution in [0.15, 0.2) is 32.1 Å². The normalized spacial score (nSPS) is 17.6. The Morgan fingerprint density at radius 1 is 1.50 bits per heavy atom. The molecule has 7 heteroatoms. The molecule has 2 heterocycles. The maximum atomic E-state index is 12.0. The summed E-state index contributed by atoms with van der Waals surface area (Å²) in [6.45, 7) is 0. The molecule has 3 rings (SSSR count). The van der Waals surface area contributed by atoms with Gasteiger partial charge in [0.25, 0.3) is 11.5 Å². The quantitative estimate of drug-likeness (QED) is 0.867. The maximum absolute atomic E-state index is 12.0. The number of amides is 1. The van der Waals surface area contributed by atoms with Crippen molar-refractivity contribution in [3.63, 3.8) is 0 Å². The Balaban J connectivity index is 1.71. The Kier molecular flexibility index (Phi) is 3.43. The van der Waals surface area contributed by atoms with Crippen LogP contribution in [0.2, 0.25) is 0 Å². The molecule has 0 bridgehead atoms. The van der Waals surface area contributed by atoms with Crippen molar-refractivity contribution in [3.8, 4) is 0 Å². The van der Waals surface area contributed by atoms with Crippen LogP contribution in [0.25, 0.3) is 0 Å². The van der Waals surface area contributed by atoms with E-state index >= 15 is 0 Å². The molecule has 1 atom stereocenters. The number of hydrogen-bond donors (Lipinski definition) is 2. The molecular weight excluding hydrogens is 326 g/mol. The SMILES string of the molecule is O=C(NC1CCc2n[nH]c(=O)cc2C1)c1ccc(Br)o1. The Morgan fingerprint density at radius 2 is 2.35 bits per heavy atom. The number of aromatic nitrogens is 2. The lowest BCUT2D eigenvalue weighted by molar-refractivity contribution is 0.0904. The summed E-state index contributed by atoms with van der Waals surface area (Å²) >= 11 is 3.16. The monoisotopic (exact) mass is 337 g/mol. The molecule has 20 heavy (non-hydrogen) atoms. The first-order valence-corrected chi connectivity index (χ1v) is 7.05. The molecule has 0 aliphatic heterocycles. The molecule has 2 aromatic heterocycles. The standard InChI is InChI=1S/C13H12BrN3O3/c14-11-4-3-10(20-11)13(19)15-8-1-2-9-7(5-8)6-12(18)17-16-9/h3-4,6,8H,1-2,5H2,(H,15,19)(H,17,18). The Morgan fingerprint density at radius 3 is 3.10 bits per heavy atom. The molecule has 6 nitrogen and oxygen atoms in total. The first-order chi connectivity index (χ1) is 9.61. The van der Waals surface area contributed by atoms with E-state index in [4.69, 9.17) is 4.42 Å². The first-order valence-electron chi connectivity index (χ1n) is 6.25. The predicted octanol–water partition coefficient (Wildman–Crippen LogP) is 1.41. The minimum Gasteiger partial charge on any atom is -0.444 e. The van der Waals surface area contributed by atoms with Crippen LogP contribution >= 0.6 is 15.9 Å². The summed E-state index contributed by atoms with van der Waals surface area (Å²) in [5, 5.41) is 9.36. The minimum atomic E-state index is -0.248. The highest BCUT2D eigenvalue weighted by atomic mass is 79.9. The van der Waals surface area contributed by atoms with E-state index < -0.39 is 0 Å². The van der Waals surface area contributed by atoms with E-state index in [9.17, 15) is 9.59 Å². The van der Waals surface area contributed by atoms with Crippen molar-refractivity contribution < 1.29 is 9.21 Å². The third kappa shape index (κ3) is 2.67. The Bertz CT molecular complexity index is 707. The number of H-pyrrole nitrogens is 1. The molecule has 1 unspecified atom stereocenters. The van der Waals surface area contributed by atoms with Crippen molar-refractivity contribution in [2.75, 3.05) is 0 Å². The summed E-state index contributed by atoms with van der Waals surface area (Å²) in [7, 11) is 0. The van der Waals surface area contributed by atoms with Crippen LogP contribution in [0, 0.1) is 0 Å². The van der Waals surface area contributed by atoms with E-state index in [1.165, 1.54) is 0 Å². The number of carbonyl (C=O) groups is 1. The lowest BCUT2D eigenvalue weighted by Gasteiger charge is -2.23. The zero-order valence-electron chi connectivity index (χ0n) is 10.5. The highest BCUT2D eigenvalue weighted by Gasteiger charge is 2.23. The van der Waals surface area contributed by atoms with Crippen molar-refractivity contribution in [2.24, 2.45) is 0 Å². The van der Waals surface area contributed by atoms with Crippen LogP contribution in [0.3, 0.4) is 0 Å². The molecule has 1 aliphatic carbocycles. The lowest BCUT2D eigenvalue weighted by Crippen LogP contribution is -2.39. The number of nitrogens with zero attached hydrogens (tertiary/aromatic N) is 1. The van der Waals surface area contributed by atoms with E-state index in [1.54, 1.807) is 18.2 Å². The van der Waals surface area contributed by atoms with Gasteiger partial charge in [0.15, 0.2) is 10.4 Å². The van der Waals surface area contributed by atoms with Gasteiger partial charge < -0.3 is 9.73 Å². The second kappa shape index (κ2) is 5.24. The fourth-order valence-corrected chi connectivity index (χ4v) is 2.66. The largest absolute Gasteiger partial charge is 0.444 e. The lowest BCUT2D eigenvalue weighted by atomic mass is 9.92. The smallest absolute Gasteiger partial charge is 0.287 e. The zero-order valence-corrected chi connectivity index (χ0v) is 12.1. The number of fused-ring (bicyclic) bond motifs is 1. The van der Waals surface area contributed by atoms with E-state index in [0.717, 1.165) is 24.1 Å². The first kappa shape index (κ1) is 13.1. The van der Waals surface area contributed by atoms with Crippen LogP contribution in [-0.4, -0.2) is 22.1 Å². The highest BCUT2D eigenvalue weighted by molar-refractivity contribution is 9.10. The fraction of sp³-hybridized carbons (Fsp3) is 0.308. The highest BCUT2D eigenvalue weighted by Crippen LogP contribution is 2.19. The van der Waals surface area contributed by atoms with Crippen LogP contribution < -0.4 is 10.9 Å². The molecule has 1 aliphatic rings. The van der Waals surface area contributed by atoms with E-state index in [2.05, 4.69) is 31.4 Å². The minimum absolute atomic E-state index is 0.0116. The molecular formula is C13H12BrN3O3. The third-order valence-corrected chi connectivity index (χ3v) is 3.73. The molecule has 1 amide bonds. The van der Waals surface area contributed by atoms with Crippen LogP contribution in [-0.2, 0) is 12.8 Å². The summed E-state index contributed by atoms with van der Waals surface area (Å²) in [5.74, 6) is 0.0219. The zero-order chi connectivity index (χ0) is 14.1. The van der Waals surface area contributed by atoms with Gasteiger partial charge in [-0.25, -0.2) is 5.10 Å². The van der Waals surface area contributed by atoms with Gasteiger partial charge in [0.05, 0.1) is 5.69 Å². The molecule has 104 valence electrons. The number of halogens is 1. The van der Waals surface area contributed by atoms with Gasteiger partial charge in [0.2, 0.25) is 0 Å². The molecule has 2 N–H and O–H groups in total. The molecule has 0 aromatic carbocycles. The van der Waals surface area contributed by atoms with Gasteiger partial charge in [-0.2, -0.15) is 5.10 Å². The fourth-order valence-electron chi connectivity index (χ4n) is 2.36. The second-order valence-electron chi connectivity index (χ2n) is 4.72. The summed E-state index contributed by atoms with van der Waals surface area (Å²) in [6, 6.07) is 4.82. The molecule has 2 aromatic rings. The van der Waals surface area contributed by atoms with Crippen molar-refractivity contribution in [3.05, 3.63) is 50.2 Å². The number of carbonyl (C=O) groups excluding carboxylic acids is 1. The average molecular weight is 338 g/mol. The number of furan rings is 1. The van der Waals surface area contributed by atoms with Crippen molar-refractivity contribution >= 4 is 21.8 Å². The van der Waals surface area contributed by atoms with E-state index in [-0.39, 0.29) is 23.3 Å². The van der Waals surface area contributed by atoms with Crippen molar-refractivity contribution in [2.45, 2.75) is 25.3 Å². The molecule has 0 spiro atoms. The number of hydrogen-bond acceptors (Lipinski definition) is 4. The predicted molar refractivity (Wildman–Crippen MR) is 74.5 cm³/mol. The van der Waals surface area contributed by atoms with Gasteiger partial charge in [-0.05, 0) is 52.9 Å². The number of aromatic amines is 1. The summed E-state index contributed by atoms with van der Waals surface area (Å²) < 4.78 is 5.73. The van der Waals surface area contributed by atoms with Gasteiger partial charge in [-0.1, -0.05) is 0 Å². The van der Waals surface area contributed by atoms with Gasteiger partial charge in [-0.3, -0.25) is 9.59 Å². The molecule has 0 radical (unpaired) electrons. The third-order valence-electron chi connectivity index (χ3n) is 3.31. The van der Waals surface area contributed by atoms with Gasteiger partial charge in [-0.15, -0.1) is 0 Å². The van der Waals surface area contributed by atoms with Crippen LogP contribution in [0.4, 0.5) is 0 Å². The summed E-state index contributed by atoms with van der Waals surface area (Å²) in [5.41, 5.74) is 1.58. The maximum Gasteiger partial charge on any atom is 0.287 e. The van der Waals surface area contributed by atoms with Gasteiger partial charge in [0.1, 0.15) is 0 Å². The summed E-state index contributed by atoms with van der Waals surface area (Å²) in [4.78, 5) is 23.3.